The van der Waals surface area contributed by atoms with Crippen molar-refractivity contribution in [2.45, 2.75) is 26.3 Å². The van der Waals surface area contributed by atoms with Gasteiger partial charge in [0.15, 0.2) is 0 Å². The van der Waals surface area contributed by atoms with Gasteiger partial charge < -0.3 is 15.5 Å². The Morgan fingerprint density at radius 3 is 2.41 bits per heavy atom. The molecular formula is C21H21BrFN3O3. The lowest BCUT2D eigenvalue weighted by molar-refractivity contribution is -0.129. The van der Waals surface area contributed by atoms with Crippen LogP contribution in [0, 0.1) is 11.7 Å². The van der Waals surface area contributed by atoms with Crippen LogP contribution in [0.5, 0.6) is 0 Å². The molecule has 1 aliphatic heterocycles. The number of rotatable bonds is 5. The first-order valence-electron chi connectivity index (χ1n) is 9.21. The van der Waals surface area contributed by atoms with Crippen molar-refractivity contribution >= 4 is 45.0 Å². The maximum absolute atomic E-state index is 13.9. The number of carbonyl (C=O) groups excluding carboxylic acids is 3. The molecule has 0 saturated carbocycles. The van der Waals surface area contributed by atoms with Crippen LogP contribution in [0.25, 0.3) is 0 Å². The maximum atomic E-state index is 13.9. The molecule has 0 bridgehead atoms. The van der Waals surface area contributed by atoms with E-state index in [-0.39, 0.29) is 30.0 Å². The van der Waals surface area contributed by atoms with Crippen molar-refractivity contribution in [1.29, 1.82) is 0 Å². The number of hydrogen-bond donors (Lipinski definition) is 2. The van der Waals surface area contributed by atoms with Gasteiger partial charge in [0.1, 0.15) is 5.82 Å². The Hall–Kier alpha value is -2.74. The SMILES string of the molecule is CC(C)N1CC(C(=O)Nc2ccc(C(=O)Nc3ccc(Br)cc3F)cc2)CC1=O. The molecule has 2 aromatic rings. The molecule has 3 rings (SSSR count). The van der Waals surface area contributed by atoms with Crippen LogP contribution >= 0.6 is 15.9 Å². The predicted molar refractivity (Wildman–Crippen MR) is 112 cm³/mol. The van der Waals surface area contributed by atoms with Crippen molar-refractivity contribution in [3.05, 3.63) is 58.3 Å². The van der Waals surface area contributed by atoms with E-state index in [0.29, 0.717) is 22.3 Å². The van der Waals surface area contributed by atoms with Crippen LogP contribution in [0.1, 0.15) is 30.6 Å². The van der Waals surface area contributed by atoms with Gasteiger partial charge in [0.25, 0.3) is 5.91 Å². The average Bonchev–Trinajstić information content (AvgIpc) is 3.07. The molecule has 0 radical (unpaired) electrons. The second-order valence-corrected chi connectivity index (χ2v) is 8.10. The number of nitrogens with one attached hydrogen (secondary N) is 2. The topological polar surface area (TPSA) is 78.5 Å². The molecule has 2 aromatic carbocycles. The molecule has 8 heteroatoms. The van der Waals surface area contributed by atoms with Crippen LogP contribution in [0.15, 0.2) is 46.9 Å². The summed E-state index contributed by atoms with van der Waals surface area (Å²) in [5, 5.41) is 5.29. The van der Waals surface area contributed by atoms with Crippen LogP contribution in [0.4, 0.5) is 15.8 Å². The number of likely N-dealkylation sites (tertiary alicyclic amines) is 1. The molecule has 2 N–H and O–H groups in total. The van der Waals surface area contributed by atoms with Crippen molar-refractivity contribution in [2.75, 3.05) is 17.2 Å². The molecule has 29 heavy (non-hydrogen) atoms. The number of carbonyl (C=O) groups is 3. The molecule has 1 atom stereocenters. The molecule has 6 nitrogen and oxygen atoms in total. The summed E-state index contributed by atoms with van der Waals surface area (Å²) in [5.74, 6) is -1.65. The lowest BCUT2D eigenvalue weighted by Gasteiger charge is -2.20. The number of anilines is 2. The smallest absolute Gasteiger partial charge is 0.255 e. The fourth-order valence-corrected chi connectivity index (χ4v) is 3.47. The van der Waals surface area contributed by atoms with Gasteiger partial charge in [-0.2, -0.15) is 0 Å². The second-order valence-electron chi connectivity index (χ2n) is 7.19. The van der Waals surface area contributed by atoms with Crippen LogP contribution in [-0.2, 0) is 9.59 Å². The average molecular weight is 462 g/mol. The minimum atomic E-state index is -0.543. The highest BCUT2D eigenvalue weighted by Gasteiger charge is 2.35. The van der Waals surface area contributed by atoms with E-state index in [9.17, 15) is 18.8 Å². The standard InChI is InChI=1S/C21H21BrFN3O3/c1-12(2)26-11-14(9-19(26)27)21(29)24-16-6-3-13(4-7-16)20(28)25-18-8-5-15(22)10-17(18)23/h3-8,10,12,14H,9,11H2,1-2H3,(H,24,29)(H,25,28). The third kappa shape index (κ3) is 5.00. The van der Waals surface area contributed by atoms with E-state index in [1.807, 2.05) is 13.8 Å². The van der Waals surface area contributed by atoms with E-state index in [4.69, 9.17) is 0 Å². The molecular weight excluding hydrogens is 441 g/mol. The normalized spacial score (nSPS) is 16.2. The van der Waals surface area contributed by atoms with E-state index in [2.05, 4.69) is 26.6 Å². The van der Waals surface area contributed by atoms with Gasteiger partial charge in [-0.3, -0.25) is 14.4 Å². The van der Waals surface area contributed by atoms with E-state index in [1.54, 1.807) is 35.2 Å². The Kier molecular flexibility index (Phi) is 6.32. The van der Waals surface area contributed by atoms with E-state index in [0.717, 1.165) is 0 Å². The summed E-state index contributed by atoms with van der Waals surface area (Å²) in [6.07, 6.45) is 0.198. The van der Waals surface area contributed by atoms with E-state index >= 15 is 0 Å². The van der Waals surface area contributed by atoms with Crippen molar-refractivity contribution in [3.63, 3.8) is 0 Å². The van der Waals surface area contributed by atoms with Gasteiger partial charge in [0, 0.05) is 34.7 Å². The molecule has 1 unspecified atom stereocenters. The lowest BCUT2D eigenvalue weighted by Crippen LogP contribution is -2.33. The van der Waals surface area contributed by atoms with Crippen molar-refractivity contribution in [2.24, 2.45) is 5.92 Å². The molecule has 0 aromatic heterocycles. The highest BCUT2D eigenvalue weighted by atomic mass is 79.9. The van der Waals surface area contributed by atoms with Gasteiger partial charge in [0.05, 0.1) is 11.6 Å². The Bertz CT molecular complexity index is 947. The van der Waals surface area contributed by atoms with E-state index in [1.165, 1.54) is 12.1 Å². The second kappa shape index (κ2) is 8.73. The fourth-order valence-electron chi connectivity index (χ4n) is 3.14. The molecule has 1 aliphatic rings. The summed E-state index contributed by atoms with van der Waals surface area (Å²) in [6, 6.07) is 10.7. The third-order valence-electron chi connectivity index (χ3n) is 4.75. The Morgan fingerprint density at radius 1 is 1.14 bits per heavy atom. The minimum Gasteiger partial charge on any atom is -0.339 e. The minimum absolute atomic E-state index is 0.0210. The summed E-state index contributed by atoms with van der Waals surface area (Å²) < 4.78 is 14.4. The first kappa shape index (κ1) is 21.0. The summed E-state index contributed by atoms with van der Waals surface area (Å²) in [7, 11) is 0. The summed E-state index contributed by atoms with van der Waals surface area (Å²) in [5.41, 5.74) is 0.931. The predicted octanol–water partition coefficient (Wildman–Crippen LogP) is 4.04. The zero-order chi connectivity index (χ0) is 21.1. The van der Waals surface area contributed by atoms with Crippen molar-refractivity contribution in [1.82, 2.24) is 4.90 Å². The zero-order valence-electron chi connectivity index (χ0n) is 16.0. The Balaban J connectivity index is 1.60. The monoisotopic (exact) mass is 461 g/mol. The highest BCUT2D eigenvalue weighted by Crippen LogP contribution is 2.23. The number of hydrogen-bond acceptors (Lipinski definition) is 3. The third-order valence-corrected chi connectivity index (χ3v) is 5.24. The largest absolute Gasteiger partial charge is 0.339 e. The molecule has 0 spiro atoms. The number of nitrogens with zero attached hydrogens (tertiary/aromatic N) is 1. The zero-order valence-corrected chi connectivity index (χ0v) is 17.6. The van der Waals surface area contributed by atoms with Crippen molar-refractivity contribution in [3.8, 4) is 0 Å². The summed E-state index contributed by atoms with van der Waals surface area (Å²) in [6.45, 7) is 4.24. The number of amides is 3. The lowest BCUT2D eigenvalue weighted by atomic mass is 10.1. The molecule has 1 fully saturated rings. The van der Waals surface area contributed by atoms with Crippen LogP contribution in [-0.4, -0.2) is 35.2 Å². The molecule has 0 aliphatic carbocycles. The van der Waals surface area contributed by atoms with Gasteiger partial charge in [0.2, 0.25) is 11.8 Å². The molecule has 1 saturated heterocycles. The van der Waals surface area contributed by atoms with Crippen LogP contribution in [0.3, 0.4) is 0 Å². The maximum Gasteiger partial charge on any atom is 0.255 e. The fraction of sp³-hybridized carbons (Fsp3) is 0.286. The Morgan fingerprint density at radius 2 is 1.83 bits per heavy atom. The Labute approximate surface area is 176 Å². The quantitative estimate of drug-likeness (QED) is 0.705. The summed E-state index contributed by atoms with van der Waals surface area (Å²) >= 11 is 3.16. The van der Waals surface area contributed by atoms with Crippen molar-refractivity contribution < 1.29 is 18.8 Å². The highest BCUT2D eigenvalue weighted by molar-refractivity contribution is 9.10. The van der Waals surface area contributed by atoms with Gasteiger partial charge in [-0.1, -0.05) is 15.9 Å². The molecule has 1 heterocycles. The van der Waals surface area contributed by atoms with Gasteiger partial charge in [-0.05, 0) is 56.3 Å². The van der Waals surface area contributed by atoms with Gasteiger partial charge in [-0.25, -0.2) is 4.39 Å². The van der Waals surface area contributed by atoms with E-state index < -0.39 is 17.6 Å². The van der Waals surface area contributed by atoms with Crippen LogP contribution < -0.4 is 10.6 Å². The van der Waals surface area contributed by atoms with Gasteiger partial charge >= 0.3 is 0 Å². The van der Waals surface area contributed by atoms with Gasteiger partial charge in [-0.15, -0.1) is 0 Å². The van der Waals surface area contributed by atoms with Crippen LogP contribution in [0.2, 0.25) is 0 Å². The number of halogens is 2. The first-order valence-corrected chi connectivity index (χ1v) is 10.0. The molecule has 152 valence electrons. The summed E-state index contributed by atoms with van der Waals surface area (Å²) in [4.78, 5) is 38.4. The first-order chi connectivity index (χ1) is 13.7. The molecule has 3 amide bonds. The number of benzene rings is 2.